The number of quaternary nitrogens is 1. The SMILES string of the molecule is CC1CC[NH+]([C@@H]2CC(=O)N(c3ccc([N+](=O)[O-])cc3)C2=O)CC1. The first-order valence-corrected chi connectivity index (χ1v) is 7.93. The number of hydrogen-bond acceptors (Lipinski definition) is 4. The molecule has 2 saturated heterocycles. The van der Waals surface area contributed by atoms with Crippen LogP contribution in [0.2, 0.25) is 0 Å². The molecule has 0 spiro atoms. The zero-order chi connectivity index (χ0) is 16.6. The van der Waals surface area contributed by atoms with E-state index < -0.39 is 4.92 Å². The van der Waals surface area contributed by atoms with E-state index in [-0.39, 0.29) is 30.0 Å². The number of piperidine rings is 1. The molecule has 3 rings (SSSR count). The van der Waals surface area contributed by atoms with E-state index in [1.807, 2.05) is 0 Å². The number of likely N-dealkylation sites (tertiary alicyclic amines) is 1. The molecule has 23 heavy (non-hydrogen) atoms. The Balaban J connectivity index is 1.77. The van der Waals surface area contributed by atoms with Gasteiger partial charge in [-0.2, -0.15) is 0 Å². The molecule has 0 radical (unpaired) electrons. The summed E-state index contributed by atoms with van der Waals surface area (Å²) in [6.45, 7) is 4.04. The van der Waals surface area contributed by atoms with Gasteiger partial charge in [-0.15, -0.1) is 0 Å². The van der Waals surface area contributed by atoms with Gasteiger partial charge in [-0.05, 0) is 30.9 Å². The number of carbonyl (C=O) groups excluding carboxylic acids is 2. The van der Waals surface area contributed by atoms with Crippen molar-refractivity contribution in [2.24, 2.45) is 5.92 Å². The minimum atomic E-state index is -0.501. The van der Waals surface area contributed by atoms with Gasteiger partial charge in [0.05, 0.1) is 30.1 Å². The average Bonchev–Trinajstić information content (AvgIpc) is 2.83. The van der Waals surface area contributed by atoms with Crippen LogP contribution in [0.25, 0.3) is 0 Å². The van der Waals surface area contributed by atoms with Crippen LogP contribution in [0.1, 0.15) is 26.2 Å². The molecular weight excluding hydrogens is 298 g/mol. The number of nitrogens with zero attached hydrogens (tertiary/aromatic N) is 2. The number of imide groups is 1. The quantitative estimate of drug-likeness (QED) is 0.501. The first kappa shape index (κ1) is 15.6. The Morgan fingerprint density at radius 2 is 1.78 bits per heavy atom. The van der Waals surface area contributed by atoms with Crippen LogP contribution >= 0.6 is 0 Å². The van der Waals surface area contributed by atoms with Crippen molar-refractivity contribution in [2.45, 2.75) is 32.2 Å². The maximum absolute atomic E-state index is 12.7. The van der Waals surface area contributed by atoms with Gasteiger partial charge >= 0.3 is 0 Å². The van der Waals surface area contributed by atoms with Gasteiger partial charge in [0, 0.05) is 12.1 Å². The predicted octanol–water partition coefficient (Wildman–Crippen LogP) is 0.542. The van der Waals surface area contributed by atoms with E-state index in [1.54, 1.807) is 0 Å². The second kappa shape index (κ2) is 6.08. The minimum Gasteiger partial charge on any atom is -0.324 e. The number of carbonyl (C=O) groups is 2. The van der Waals surface area contributed by atoms with Crippen LogP contribution in [-0.4, -0.2) is 35.9 Å². The van der Waals surface area contributed by atoms with Crippen LogP contribution in [0.15, 0.2) is 24.3 Å². The fraction of sp³-hybridized carbons (Fsp3) is 0.500. The van der Waals surface area contributed by atoms with Gasteiger partial charge in [0.25, 0.3) is 11.6 Å². The van der Waals surface area contributed by atoms with E-state index >= 15 is 0 Å². The topological polar surface area (TPSA) is 85.0 Å². The molecule has 0 unspecified atom stereocenters. The van der Waals surface area contributed by atoms with Crippen molar-refractivity contribution in [1.29, 1.82) is 0 Å². The van der Waals surface area contributed by atoms with Crippen molar-refractivity contribution in [3.05, 3.63) is 34.4 Å². The van der Waals surface area contributed by atoms with Gasteiger partial charge in [0.2, 0.25) is 5.91 Å². The highest BCUT2D eigenvalue weighted by Gasteiger charge is 2.46. The Morgan fingerprint density at radius 3 is 2.35 bits per heavy atom. The summed E-state index contributed by atoms with van der Waals surface area (Å²) in [6.07, 6.45) is 2.37. The van der Waals surface area contributed by atoms with Crippen molar-refractivity contribution in [1.82, 2.24) is 0 Å². The number of anilines is 1. The monoisotopic (exact) mass is 318 g/mol. The molecule has 0 bridgehead atoms. The lowest BCUT2D eigenvalue weighted by atomic mass is 9.97. The third kappa shape index (κ3) is 2.96. The Kier molecular flexibility index (Phi) is 4.12. The number of benzene rings is 1. The van der Waals surface area contributed by atoms with E-state index in [2.05, 4.69) is 6.92 Å². The highest BCUT2D eigenvalue weighted by atomic mass is 16.6. The van der Waals surface area contributed by atoms with Gasteiger partial charge in [-0.3, -0.25) is 19.7 Å². The number of nitro benzene ring substituents is 1. The molecule has 2 amide bonds. The number of rotatable bonds is 3. The molecule has 2 heterocycles. The van der Waals surface area contributed by atoms with Gasteiger partial charge in [-0.1, -0.05) is 6.92 Å². The first-order valence-electron chi connectivity index (χ1n) is 7.93. The second-order valence-electron chi connectivity index (χ2n) is 6.44. The standard InChI is InChI=1S/C16H19N3O4/c1-11-6-8-17(9-7-11)14-10-15(20)18(16(14)21)12-2-4-13(5-3-12)19(22)23/h2-5,11,14H,6-10H2,1H3/p+1/t14-/m1/s1. The van der Waals surface area contributed by atoms with Crippen molar-refractivity contribution < 1.29 is 19.4 Å². The van der Waals surface area contributed by atoms with E-state index in [1.165, 1.54) is 34.1 Å². The van der Waals surface area contributed by atoms with E-state index in [4.69, 9.17) is 0 Å². The molecule has 7 nitrogen and oxygen atoms in total. The van der Waals surface area contributed by atoms with Crippen molar-refractivity contribution in [3.8, 4) is 0 Å². The predicted molar refractivity (Wildman–Crippen MR) is 83.1 cm³/mol. The summed E-state index contributed by atoms with van der Waals surface area (Å²) in [7, 11) is 0. The fourth-order valence-corrected chi connectivity index (χ4v) is 3.43. The summed E-state index contributed by atoms with van der Waals surface area (Å²) in [5.41, 5.74) is 0.359. The summed E-state index contributed by atoms with van der Waals surface area (Å²) in [4.78, 5) is 37.5. The Hall–Kier alpha value is -2.28. The first-order chi connectivity index (χ1) is 11.0. The van der Waals surface area contributed by atoms with Crippen molar-refractivity contribution in [3.63, 3.8) is 0 Å². The molecule has 2 fully saturated rings. The molecule has 0 aliphatic carbocycles. The molecular formula is C16H20N3O4+. The lowest BCUT2D eigenvalue weighted by Crippen LogP contribution is -3.17. The number of nitro groups is 1. The summed E-state index contributed by atoms with van der Waals surface area (Å²) in [5.74, 6) is 0.269. The minimum absolute atomic E-state index is 0.0555. The third-order valence-corrected chi connectivity index (χ3v) is 4.87. The largest absolute Gasteiger partial charge is 0.324 e. The van der Waals surface area contributed by atoms with E-state index in [0.29, 0.717) is 11.6 Å². The third-order valence-electron chi connectivity index (χ3n) is 4.87. The van der Waals surface area contributed by atoms with Crippen molar-refractivity contribution in [2.75, 3.05) is 18.0 Å². The summed E-state index contributed by atoms with van der Waals surface area (Å²) >= 11 is 0. The molecule has 1 aromatic rings. The van der Waals surface area contributed by atoms with Crippen LogP contribution in [0.4, 0.5) is 11.4 Å². The summed E-state index contributed by atoms with van der Waals surface area (Å²) < 4.78 is 0. The van der Waals surface area contributed by atoms with Crippen LogP contribution in [0.3, 0.4) is 0 Å². The van der Waals surface area contributed by atoms with Gasteiger partial charge in [0.15, 0.2) is 6.04 Å². The van der Waals surface area contributed by atoms with Crippen molar-refractivity contribution >= 4 is 23.2 Å². The smallest absolute Gasteiger partial charge is 0.292 e. The Bertz CT molecular complexity index is 635. The molecule has 0 aromatic heterocycles. The zero-order valence-corrected chi connectivity index (χ0v) is 13.0. The summed E-state index contributed by atoms with van der Waals surface area (Å²) in [5, 5.41) is 10.7. The number of amides is 2. The van der Waals surface area contributed by atoms with E-state index in [9.17, 15) is 19.7 Å². The maximum atomic E-state index is 12.7. The molecule has 2 aliphatic heterocycles. The molecule has 1 aromatic carbocycles. The molecule has 2 aliphatic rings. The lowest BCUT2D eigenvalue weighted by Gasteiger charge is -2.30. The van der Waals surface area contributed by atoms with E-state index in [0.717, 1.165) is 25.9 Å². The molecule has 7 heteroatoms. The average molecular weight is 318 g/mol. The van der Waals surface area contributed by atoms with Crippen LogP contribution < -0.4 is 9.80 Å². The van der Waals surface area contributed by atoms with Crippen LogP contribution in [0, 0.1) is 16.0 Å². The van der Waals surface area contributed by atoms with Gasteiger partial charge in [-0.25, -0.2) is 4.90 Å². The molecule has 122 valence electrons. The Morgan fingerprint density at radius 1 is 1.17 bits per heavy atom. The van der Waals surface area contributed by atoms with Crippen LogP contribution in [-0.2, 0) is 9.59 Å². The van der Waals surface area contributed by atoms with Gasteiger partial charge in [0.1, 0.15) is 0 Å². The molecule has 1 N–H and O–H groups in total. The normalized spacial score (nSPS) is 28.2. The number of hydrogen-bond donors (Lipinski definition) is 1. The molecule has 0 saturated carbocycles. The number of nitrogens with one attached hydrogen (secondary N) is 1. The number of non-ortho nitro benzene ring substituents is 1. The fourth-order valence-electron chi connectivity index (χ4n) is 3.43. The van der Waals surface area contributed by atoms with Crippen LogP contribution in [0.5, 0.6) is 0 Å². The second-order valence-corrected chi connectivity index (χ2v) is 6.44. The Labute approximate surface area is 134 Å². The zero-order valence-electron chi connectivity index (χ0n) is 13.0. The highest BCUT2D eigenvalue weighted by molar-refractivity contribution is 6.21. The lowest BCUT2D eigenvalue weighted by molar-refractivity contribution is -0.920. The maximum Gasteiger partial charge on any atom is 0.292 e. The van der Waals surface area contributed by atoms with Gasteiger partial charge < -0.3 is 4.90 Å². The summed E-state index contributed by atoms with van der Waals surface area (Å²) in [6, 6.07) is 5.25. The molecule has 1 atom stereocenters. The highest BCUT2D eigenvalue weighted by Crippen LogP contribution is 2.24.